The quantitative estimate of drug-likeness (QED) is 0.687. The van der Waals surface area contributed by atoms with Gasteiger partial charge in [0.15, 0.2) is 5.69 Å². The minimum atomic E-state index is -1.18. The van der Waals surface area contributed by atoms with Crippen LogP contribution < -0.4 is 4.90 Å². The zero-order valence-corrected chi connectivity index (χ0v) is 15.6. The highest BCUT2D eigenvalue weighted by molar-refractivity contribution is 6.35. The highest BCUT2D eigenvalue weighted by Crippen LogP contribution is 2.31. The van der Waals surface area contributed by atoms with Gasteiger partial charge in [-0.05, 0) is 11.6 Å². The average Bonchev–Trinajstić information content (AvgIpc) is 2.73. The van der Waals surface area contributed by atoms with Gasteiger partial charge in [0.1, 0.15) is 16.7 Å². The van der Waals surface area contributed by atoms with Gasteiger partial charge in [-0.25, -0.2) is 19.7 Å². The summed E-state index contributed by atoms with van der Waals surface area (Å²) in [6.07, 6.45) is 0. The topological polar surface area (TPSA) is 109 Å². The number of carboxylic acid groups (broad SMARTS) is 1. The summed E-state index contributed by atoms with van der Waals surface area (Å²) in [5.41, 5.74) is 2.51. The molecule has 9 heteroatoms. The van der Waals surface area contributed by atoms with E-state index in [-0.39, 0.29) is 17.3 Å². The molecule has 0 amide bonds. The Morgan fingerprint density at radius 3 is 2.46 bits per heavy atom. The number of aromatic nitrogens is 3. The molecule has 0 spiro atoms. The number of pyridine rings is 1. The molecule has 3 heterocycles. The molecule has 0 saturated carbocycles. The van der Waals surface area contributed by atoms with Gasteiger partial charge in [0.2, 0.25) is 5.95 Å². The molecule has 8 nitrogen and oxygen atoms in total. The lowest BCUT2D eigenvalue weighted by atomic mass is 10.1. The zero-order valence-electron chi connectivity index (χ0n) is 14.8. The van der Waals surface area contributed by atoms with Crippen molar-refractivity contribution in [3.8, 4) is 11.3 Å². The Morgan fingerprint density at radius 1 is 1.11 bits per heavy atom. The molecule has 0 unspecified atom stereocenters. The molecule has 2 N–H and O–H groups in total. The fourth-order valence-corrected chi connectivity index (χ4v) is 3.28. The standard InChI is InChI=1S/C19H17ClN4O4/c20-13-9-14(18(26)27)21-17-15(12-3-1-11(10-25)2-4-12)22-19(23-16(13)17)24-5-7-28-8-6-24/h1-4,9,25H,5-8,10H2,(H,26,27). The third-order valence-electron chi connectivity index (χ3n) is 4.52. The largest absolute Gasteiger partial charge is 0.477 e. The van der Waals surface area contributed by atoms with E-state index in [1.54, 1.807) is 24.3 Å². The summed E-state index contributed by atoms with van der Waals surface area (Å²) in [6, 6.07) is 8.46. The number of benzene rings is 1. The highest BCUT2D eigenvalue weighted by atomic mass is 35.5. The van der Waals surface area contributed by atoms with Gasteiger partial charge in [-0.3, -0.25) is 0 Å². The van der Waals surface area contributed by atoms with E-state index >= 15 is 0 Å². The molecule has 144 valence electrons. The number of carboxylic acids is 1. The predicted molar refractivity (Wildman–Crippen MR) is 104 cm³/mol. The van der Waals surface area contributed by atoms with Crippen LogP contribution >= 0.6 is 11.6 Å². The number of aliphatic hydroxyl groups excluding tert-OH is 1. The Balaban J connectivity index is 1.95. The van der Waals surface area contributed by atoms with Crippen LogP contribution in [-0.2, 0) is 11.3 Å². The maximum atomic E-state index is 11.4. The fraction of sp³-hybridized carbons (Fsp3) is 0.263. The van der Waals surface area contributed by atoms with Crippen molar-refractivity contribution in [1.29, 1.82) is 0 Å². The summed E-state index contributed by atoms with van der Waals surface area (Å²) < 4.78 is 5.39. The lowest BCUT2D eigenvalue weighted by Gasteiger charge is -2.27. The second kappa shape index (κ2) is 7.67. The van der Waals surface area contributed by atoms with Gasteiger partial charge < -0.3 is 19.8 Å². The molecule has 4 rings (SSSR count). The molecule has 0 radical (unpaired) electrons. The molecule has 0 aliphatic carbocycles. The Morgan fingerprint density at radius 2 is 1.82 bits per heavy atom. The van der Waals surface area contributed by atoms with Gasteiger partial charge in [0.25, 0.3) is 0 Å². The van der Waals surface area contributed by atoms with E-state index in [1.165, 1.54) is 6.07 Å². The van der Waals surface area contributed by atoms with E-state index in [4.69, 9.17) is 16.3 Å². The number of aromatic carboxylic acids is 1. The van der Waals surface area contributed by atoms with Gasteiger partial charge in [-0.2, -0.15) is 0 Å². The molecule has 3 aromatic rings. The predicted octanol–water partition coefficient (Wildman–Crippen LogP) is 2.37. The van der Waals surface area contributed by atoms with Crippen LogP contribution in [0.5, 0.6) is 0 Å². The minimum Gasteiger partial charge on any atom is -0.477 e. The van der Waals surface area contributed by atoms with Crippen LogP contribution in [0.4, 0.5) is 5.95 Å². The number of rotatable bonds is 4. The second-order valence-electron chi connectivity index (χ2n) is 6.32. The number of fused-ring (bicyclic) bond motifs is 1. The smallest absolute Gasteiger partial charge is 0.354 e. The first-order valence-electron chi connectivity index (χ1n) is 8.71. The van der Waals surface area contributed by atoms with E-state index in [0.29, 0.717) is 49.0 Å². The van der Waals surface area contributed by atoms with Crippen LogP contribution in [0.2, 0.25) is 5.02 Å². The van der Waals surface area contributed by atoms with E-state index < -0.39 is 5.97 Å². The number of anilines is 1. The maximum Gasteiger partial charge on any atom is 0.354 e. The van der Waals surface area contributed by atoms with E-state index in [0.717, 1.165) is 11.1 Å². The second-order valence-corrected chi connectivity index (χ2v) is 6.73. The summed E-state index contributed by atoms with van der Waals surface area (Å²) >= 11 is 6.35. The lowest BCUT2D eigenvalue weighted by molar-refractivity contribution is 0.0691. The van der Waals surface area contributed by atoms with Crippen LogP contribution in [0.3, 0.4) is 0 Å². The first-order valence-corrected chi connectivity index (χ1v) is 9.09. The number of aliphatic hydroxyl groups is 1. The van der Waals surface area contributed by atoms with Gasteiger partial charge in [-0.15, -0.1) is 0 Å². The number of halogens is 1. The van der Waals surface area contributed by atoms with Crippen LogP contribution in [0, 0.1) is 0 Å². The third-order valence-corrected chi connectivity index (χ3v) is 4.81. The van der Waals surface area contributed by atoms with Crippen molar-refractivity contribution in [2.45, 2.75) is 6.61 Å². The molecule has 28 heavy (non-hydrogen) atoms. The summed E-state index contributed by atoms with van der Waals surface area (Å²) in [5.74, 6) is -0.688. The summed E-state index contributed by atoms with van der Waals surface area (Å²) in [5, 5.41) is 18.8. The SMILES string of the molecule is O=C(O)c1cc(Cl)c2nc(N3CCOCC3)nc(-c3ccc(CO)cc3)c2n1. The average molecular weight is 401 g/mol. The number of hydrogen-bond donors (Lipinski definition) is 2. The van der Waals surface area contributed by atoms with E-state index in [2.05, 4.69) is 15.0 Å². The minimum absolute atomic E-state index is 0.0724. The van der Waals surface area contributed by atoms with Gasteiger partial charge >= 0.3 is 5.97 Å². The van der Waals surface area contributed by atoms with Crippen molar-refractivity contribution < 1.29 is 19.7 Å². The molecular weight excluding hydrogens is 384 g/mol. The molecule has 0 bridgehead atoms. The Hall–Kier alpha value is -2.81. The number of nitrogens with zero attached hydrogens (tertiary/aromatic N) is 4. The molecule has 1 saturated heterocycles. The van der Waals surface area contributed by atoms with Crippen LogP contribution in [0.1, 0.15) is 16.1 Å². The highest BCUT2D eigenvalue weighted by Gasteiger charge is 2.21. The van der Waals surface area contributed by atoms with Gasteiger partial charge in [0, 0.05) is 18.7 Å². The van der Waals surface area contributed by atoms with Crippen molar-refractivity contribution in [2.24, 2.45) is 0 Å². The maximum absolute atomic E-state index is 11.4. The normalized spacial score (nSPS) is 14.4. The van der Waals surface area contributed by atoms with Crippen LogP contribution in [-0.4, -0.2) is 57.4 Å². The van der Waals surface area contributed by atoms with Gasteiger partial charge in [0.05, 0.1) is 24.8 Å². The molecule has 1 fully saturated rings. The van der Waals surface area contributed by atoms with Crippen LogP contribution in [0.25, 0.3) is 22.3 Å². The first-order chi connectivity index (χ1) is 13.6. The number of carbonyl (C=O) groups is 1. The molecule has 1 aromatic carbocycles. The van der Waals surface area contributed by atoms with Crippen molar-refractivity contribution in [2.75, 3.05) is 31.2 Å². The summed E-state index contributed by atoms with van der Waals surface area (Å²) in [4.78, 5) is 26.9. The Bertz CT molecular complexity index is 1040. The zero-order chi connectivity index (χ0) is 19.7. The summed E-state index contributed by atoms with van der Waals surface area (Å²) in [6.45, 7) is 2.37. The molecule has 1 aliphatic rings. The first kappa shape index (κ1) is 18.5. The van der Waals surface area contributed by atoms with Crippen LogP contribution in [0.15, 0.2) is 30.3 Å². The fourth-order valence-electron chi connectivity index (χ4n) is 3.04. The van der Waals surface area contributed by atoms with E-state index in [9.17, 15) is 15.0 Å². The van der Waals surface area contributed by atoms with E-state index in [1.807, 2.05) is 4.90 Å². The van der Waals surface area contributed by atoms with Crippen molar-refractivity contribution in [3.05, 3.63) is 46.6 Å². The number of hydrogen-bond acceptors (Lipinski definition) is 7. The molecule has 0 atom stereocenters. The van der Waals surface area contributed by atoms with Crippen molar-refractivity contribution in [1.82, 2.24) is 15.0 Å². The molecule has 2 aromatic heterocycles. The summed E-state index contributed by atoms with van der Waals surface area (Å²) in [7, 11) is 0. The number of ether oxygens (including phenoxy) is 1. The van der Waals surface area contributed by atoms with Crippen molar-refractivity contribution >= 4 is 34.6 Å². The monoisotopic (exact) mass is 400 g/mol. The molecule has 1 aliphatic heterocycles. The van der Waals surface area contributed by atoms with Crippen molar-refractivity contribution in [3.63, 3.8) is 0 Å². The Kier molecular flexibility index (Phi) is 5.08. The van der Waals surface area contributed by atoms with Gasteiger partial charge in [-0.1, -0.05) is 35.9 Å². The lowest BCUT2D eigenvalue weighted by Crippen LogP contribution is -2.37. The number of morpholine rings is 1. The third kappa shape index (κ3) is 3.49. The molecular formula is C19H17ClN4O4. The Labute approximate surface area is 165 Å².